The van der Waals surface area contributed by atoms with Crippen LogP contribution in [0.4, 0.5) is 11.5 Å². The molecule has 11 heteroatoms. The largest absolute Gasteiger partial charge is 0.438 e. The molecule has 1 aliphatic heterocycles. The first-order chi connectivity index (χ1) is 16.7. The van der Waals surface area contributed by atoms with Gasteiger partial charge >= 0.3 is 0 Å². The highest BCUT2D eigenvalue weighted by Crippen LogP contribution is 2.34. The Kier molecular flexibility index (Phi) is 6.78. The summed E-state index contributed by atoms with van der Waals surface area (Å²) in [4.78, 5) is 20.2. The highest BCUT2D eigenvalue weighted by atomic mass is 32.2. The van der Waals surface area contributed by atoms with Crippen molar-refractivity contribution in [1.29, 1.82) is 0 Å². The van der Waals surface area contributed by atoms with E-state index in [2.05, 4.69) is 27.0 Å². The zero-order chi connectivity index (χ0) is 25.0. The van der Waals surface area contributed by atoms with E-state index in [0.29, 0.717) is 30.1 Å². The summed E-state index contributed by atoms with van der Waals surface area (Å²) < 4.78 is 29.7. The van der Waals surface area contributed by atoms with Crippen LogP contribution in [0.15, 0.2) is 77.5 Å². The first kappa shape index (κ1) is 23.9. The molecule has 1 unspecified atom stereocenters. The fraction of sp³-hybridized carbons (Fsp3) is 0.167. The van der Waals surface area contributed by atoms with Gasteiger partial charge in [-0.15, -0.1) is 0 Å². The lowest BCUT2D eigenvalue weighted by Crippen LogP contribution is -2.19. The lowest BCUT2D eigenvalue weighted by molar-refractivity contribution is -0.111. The Labute approximate surface area is 203 Å². The number of nitrogens with zero attached hydrogens (tertiary/aromatic N) is 4. The summed E-state index contributed by atoms with van der Waals surface area (Å²) >= 11 is 0. The Morgan fingerprint density at radius 1 is 1.26 bits per heavy atom. The van der Waals surface area contributed by atoms with Crippen molar-refractivity contribution in [3.8, 4) is 11.6 Å². The third-order valence-electron chi connectivity index (χ3n) is 5.26. The average Bonchev–Trinajstić information content (AvgIpc) is 3.26. The summed E-state index contributed by atoms with van der Waals surface area (Å²) in [5.74, 6) is 0.424. The Bertz CT molecular complexity index is 1410. The van der Waals surface area contributed by atoms with Crippen molar-refractivity contribution >= 4 is 33.5 Å². The summed E-state index contributed by atoms with van der Waals surface area (Å²) in [6, 6.07) is 13.6. The summed E-state index contributed by atoms with van der Waals surface area (Å²) in [6.45, 7) is 4.34. The fourth-order valence-corrected chi connectivity index (χ4v) is 4.31. The van der Waals surface area contributed by atoms with E-state index < -0.39 is 9.84 Å². The molecule has 3 N–H and O–H groups in total. The molecule has 0 bridgehead atoms. The summed E-state index contributed by atoms with van der Waals surface area (Å²) in [7, 11) is -3.30. The van der Waals surface area contributed by atoms with Crippen molar-refractivity contribution in [3.05, 3.63) is 78.6 Å². The van der Waals surface area contributed by atoms with Crippen LogP contribution in [-0.2, 0) is 21.2 Å². The minimum Gasteiger partial charge on any atom is -0.438 e. The number of nitrogens with two attached hydrogens (primary N) is 1. The predicted molar refractivity (Wildman–Crippen MR) is 133 cm³/mol. The minimum atomic E-state index is -3.30. The number of aromatic nitrogens is 2. The molecular weight excluding hydrogens is 468 g/mol. The molecule has 3 aromatic rings. The quantitative estimate of drug-likeness (QED) is 0.458. The van der Waals surface area contributed by atoms with Gasteiger partial charge in [0.1, 0.15) is 17.9 Å². The van der Waals surface area contributed by atoms with E-state index >= 15 is 0 Å². The molecule has 10 nitrogen and oxygen atoms in total. The molecule has 0 aliphatic carbocycles. The maximum Gasteiger partial charge on any atom is 0.247 e. The molecule has 1 aromatic heterocycles. The van der Waals surface area contributed by atoms with Gasteiger partial charge in [-0.3, -0.25) is 9.80 Å². The number of sulfone groups is 1. The number of hydrogen-bond acceptors (Lipinski definition) is 9. The molecule has 0 radical (unpaired) electrons. The maximum absolute atomic E-state index is 11.9. The number of carbonyl (C=O) groups is 1. The number of rotatable bonds is 8. The van der Waals surface area contributed by atoms with Crippen LogP contribution in [0.1, 0.15) is 17.0 Å². The van der Waals surface area contributed by atoms with Gasteiger partial charge in [0.2, 0.25) is 11.8 Å². The van der Waals surface area contributed by atoms with E-state index in [1.54, 1.807) is 48.7 Å². The molecule has 2 aromatic carbocycles. The van der Waals surface area contributed by atoms with Crippen LogP contribution in [0.25, 0.3) is 0 Å². The standard InChI is InChI=1S/C24H24N6O4S/c1-3-21(31)29-18-7-5-8-19(11-18)34-24-22(23(25)26-15-27-24)17-12-28-30(14-17)13-16-6-4-9-20(10-16)35(2,32)33/h3-12,15,17H,1,13-14H2,2H3,(H,29,31)(H2,25,26,27). The monoisotopic (exact) mass is 492 g/mol. The van der Waals surface area contributed by atoms with E-state index in [4.69, 9.17) is 10.5 Å². The number of nitrogen functional groups attached to an aromatic ring is 1. The van der Waals surface area contributed by atoms with Crippen LogP contribution in [0.3, 0.4) is 0 Å². The van der Waals surface area contributed by atoms with E-state index in [0.717, 1.165) is 5.56 Å². The van der Waals surface area contributed by atoms with Crippen molar-refractivity contribution in [2.45, 2.75) is 17.4 Å². The topological polar surface area (TPSA) is 140 Å². The molecule has 180 valence electrons. The first-order valence-corrected chi connectivity index (χ1v) is 12.5. The zero-order valence-electron chi connectivity index (χ0n) is 19.0. The van der Waals surface area contributed by atoms with Gasteiger partial charge < -0.3 is 15.8 Å². The summed E-state index contributed by atoms with van der Waals surface area (Å²) in [6.07, 6.45) is 5.42. The molecule has 0 saturated carbocycles. The van der Waals surface area contributed by atoms with Crippen LogP contribution >= 0.6 is 0 Å². The number of nitrogens with one attached hydrogen (secondary N) is 1. The summed E-state index contributed by atoms with van der Waals surface area (Å²) in [5.41, 5.74) is 8.14. The zero-order valence-corrected chi connectivity index (χ0v) is 19.8. The third-order valence-corrected chi connectivity index (χ3v) is 6.37. The average molecular weight is 493 g/mol. The fourth-order valence-electron chi connectivity index (χ4n) is 3.62. The van der Waals surface area contributed by atoms with Crippen molar-refractivity contribution in [3.63, 3.8) is 0 Å². The van der Waals surface area contributed by atoms with Gasteiger partial charge in [0.15, 0.2) is 9.84 Å². The van der Waals surface area contributed by atoms with Gasteiger partial charge in [0.25, 0.3) is 0 Å². The maximum atomic E-state index is 11.9. The minimum absolute atomic E-state index is 0.243. The van der Waals surface area contributed by atoms with Gasteiger partial charge in [-0.2, -0.15) is 5.10 Å². The smallest absolute Gasteiger partial charge is 0.247 e. The highest BCUT2D eigenvalue weighted by Gasteiger charge is 2.27. The van der Waals surface area contributed by atoms with Gasteiger partial charge in [0.05, 0.1) is 17.0 Å². The third kappa shape index (κ3) is 5.82. The second-order valence-electron chi connectivity index (χ2n) is 7.94. The molecule has 1 aliphatic rings. The number of carbonyl (C=O) groups excluding carboxylic acids is 1. The Balaban J connectivity index is 1.51. The summed E-state index contributed by atoms with van der Waals surface area (Å²) in [5, 5.41) is 8.96. The van der Waals surface area contributed by atoms with Crippen molar-refractivity contribution in [2.75, 3.05) is 23.9 Å². The van der Waals surface area contributed by atoms with Crippen LogP contribution in [0.2, 0.25) is 0 Å². The molecule has 0 fully saturated rings. The van der Waals surface area contributed by atoms with Crippen molar-refractivity contribution < 1.29 is 17.9 Å². The number of ether oxygens (including phenoxy) is 1. The molecule has 0 saturated heterocycles. The Morgan fingerprint density at radius 3 is 2.83 bits per heavy atom. The molecule has 35 heavy (non-hydrogen) atoms. The normalized spacial score (nSPS) is 15.1. The van der Waals surface area contributed by atoms with E-state index in [9.17, 15) is 13.2 Å². The molecular formula is C24H24N6O4S. The van der Waals surface area contributed by atoms with Gasteiger partial charge in [-0.1, -0.05) is 24.8 Å². The Morgan fingerprint density at radius 2 is 2.06 bits per heavy atom. The first-order valence-electron chi connectivity index (χ1n) is 10.6. The predicted octanol–water partition coefficient (Wildman–Crippen LogP) is 2.96. The highest BCUT2D eigenvalue weighted by molar-refractivity contribution is 7.90. The van der Waals surface area contributed by atoms with Crippen LogP contribution < -0.4 is 15.8 Å². The number of amides is 1. The number of anilines is 2. The van der Waals surface area contributed by atoms with Crippen molar-refractivity contribution in [2.24, 2.45) is 5.10 Å². The van der Waals surface area contributed by atoms with Crippen molar-refractivity contribution in [1.82, 2.24) is 15.0 Å². The number of hydrogen-bond donors (Lipinski definition) is 2. The molecule has 2 heterocycles. The molecule has 1 amide bonds. The second-order valence-corrected chi connectivity index (χ2v) is 9.95. The number of benzene rings is 2. The number of hydrazone groups is 1. The van der Waals surface area contributed by atoms with E-state index in [1.807, 2.05) is 11.1 Å². The van der Waals surface area contributed by atoms with Gasteiger partial charge in [-0.05, 0) is 35.9 Å². The van der Waals surface area contributed by atoms with Crippen LogP contribution in [0, 0.1) is 0 Å². The van der Waals surface area contributed by atoms with E-state index in [1.165, 1.54) is 18.7 Å². The van der Waals surface area contributed by atoms with Crippen LogP contribution in [-0.4, -0.2) is 48.3 Å². The lowest BCUT2D eigenvalue weighted by Gasteiger charge is -2.18. The SMILES string of the molecule is C=CC(=O)Nc1cccc(Oc2ncnc(N)c2C2C=NN(Cc3cccc(S(C)(=O)=O)c3)C2)c1. The second kappa shape index (κ2) is 9.94. The Hall–Kier alpha value is -4.25. The van der Waals surface area contributed by atoms with Gasteiger partial charge in [0, 0.05) is 36.7 Å². The molecule has 0 spiro atoms. The van der Waals surface area contributed by atoms with Crippen LogP contribution in [0.5, 0.6) is 11.6 Å². The molecule has 1 atom stereocenters. The molecule has 4 rings (SSSR count). The van der Waals surface area contributed by atoms with Gasteiger partial charge in [-0.25, -0.2) is 18.4 Å². The van der Waals surface area contributed by atoms with E-state index in [-0.39, 0.29) is 28.4 Å². The lowest BCUT2D eigenvalue weighted by atomic mass is 10.0.